The van der Waals surface area contributed by atoms with Crippen LogP contribution in [0.1, 0.15) is 51.2 Å². The third-order valence-electron chi connectivity index (χ3n) is 3.44. The molecule has 0 spiro atoms. The van der Waals surface area contributed by atoms with Crippen LogP contribution in [0, 0.1) is 11.8 Å². The fourth-order valence-electron chi connectivity index (χ4n) is 2.26. The lowest BCUT2D eigenvalue weighted by Gasteiger charge is -2.17. The molecule has 0 bridgehead atoms. The van der Waals surface area contributed by atoms with Gasteiger partial charge in [0.25, 0.3) is 0 Å². The summed E-state index contributed by atoms with van der Waals surface area (Å²) in [6.45, 7) is 8.87. The molecular weight excluding hydrogens is 234 g/mol. The molecule has 0 aliphatic rings. The van der Waals surface area contributed by atoms with E-state index in [1.54, 1.807) is 0 Å². The van der Waals surface area contributed by atoms with Crippen molar-refractivity contribution in [2.24, 2.45) is 17.6 Å². The maximum Gasteiger partial charge on any atom is 0.136 e. The number of rotatable bonds is 7. The molecular formula is C17H27NO. The second kappa shape index (κ2) is 7.44. The highest BCUT2D eigenvalue weighted by molar-refractivity contribution is 5.81. The number of nitrogens with two attached hydrogens (primary N) is 1. The van der Waals surface area contributed by atoms with Crippen LogP contribution in [0.3, 0.4) is 0 Å². The van der Waals surface area contributed by atoms with Gasteiger partial charge in [0.1, 0.15) is 5.78 Å². The molecule has 0 saturated heterocycles. The predicted octanol–water partition coefficient (Wildman–Crippen LogP) is 3.54. The molecule has 2 nitrogen and oxygen atoms in total. The van der Waals surface area contributed by atoms with Crippen LogP contribution in [-0.2, 0) is 11.2 Å². The third kappa shape index (κ3) is 5.15. The summed E-state index contributed by atoms with van der Waals surface area (Å²) in [6, 6.07) is 8.54. The Hall–Kier alpha value is -1.15. The fourth-order valence-corrected chi connectivity index (χ4v) is 2.26. The van der Waals surface area contributed by atoms with Gasteiger partial charge in [-0.1, -0.05) is 52.0 Å². The molecule has 0 radical (unpaired) electrons. The van der Waals surface area contributed by atoms with Crippen LogP contribution in [0.25, 0.3) is 0 Å². The van der Waals surface area contributed by atoms with Crippen molar-refractivity contribution < 1.29 is 4.79 Å². The summed E-state index contributed by atoms with van der Waals surface area (Å²) < 4.78 is 0. The normalized spacial score (nSPS) is 13.0. The second-order valence-electron chi connectivity index (χ2n) is 6.10. The summed E-state index contributed by atoms with van der Waals surface area (Å²) >= 11 is 0. The summed E-state index contributed by atoms with van der Waals surface area (Å²) in [5.74, 6) is 1.18. The van der Waals surface area contributed by atoms with Gasteiger partial charge in [-0.3, -0.25) is 4.79 Å². The minimum Gasteiger partial charge on any atom is -0.330 e. The van der Waals surface area contributed by atoms with Crippen molar-refractivity contribution in [2.45, 2.75) is 46.5 Å². The van der Waals surface area contributed by atoms with E-state index < -0.39 is 0 Å². The zero-order chi connectivity index (χ0) is 14.4. The Bertz CT molecular complexity index is 409. The molecule has 0 aliphatic heterocycles. The van der Waals surface area contributed by atoms with Crippen molar-refractivity contribution in [1.29, 1.82) is 0 Å². The lowest BCUT2D eigenvalue weighted by atomic mass is 9.89. The Morgan fingerprint density at radius 3 is 2.42 bits per heavy atom. The molecule has 0 aliphatic carbocycles. The molecule has 2 N–H and O–H groups in total. The van der Waals surface area contributed by atoms with Gasteiger partial charge < -0.3 is 5.73 Å². The molecule has 0 heterocycles. The van der Waals surface area contributed by atoms with Crippen molar-refractivity contribution in [2.75, 3.05) is 6.54 Å². The fraction of sp³-hybridized carbons (Fsp3) is 0.588. The maximum absolute atomic E-state index is 11.9. The number of Topliss-reactive ketones (excluding diaryl/α,β-unsaturated/α-hetero) is 1. The first-order valence-electron chi connectivity index (χ1n) is 7.25. The SMILES string of the molecule is CC(C)Cc1cccc([C@H](CN)CC(=O)C(C)C)c1. The number of hydrogen-bond donors (Lipinski definition) is 1. The summed E-state index contributed by atoms with van der Waals surface area (Å²) in [5.41, 5.74) is 8.39. The minimum atomic E-state index is 0.0906. The van der Waals surface area contributed by atoms with Gasteiger partial charge in [-0.25, -0.2) is 0 Å². The first-order chi connectivity index (χ1) is 8.93. The molecule has 0 fully saturated rings. The predicted molar refractivity (Wildman–Crippen MR) is 81.2 cm³/mol. The van der Waals surface area contributed by atoms with Crippen LogP contribution >= 0.6 is 0 Å². The van der Waals surface area contributed by atoms with Crippen LogP contribution in [0.5, 0.6) is 0 Å². The number of hydrogen-bond acceptors (Lipinski definition) is 2. The molecule has 0 saturated carbocycles. The molecule has 106 valence electrons. The number of ketones is 1. The number of carbonyl (C=O) groups is 1. The molecule has 0 aromatic heterocycles. The van der Waals surface area contributed by atoms with Crippen LogP contribution in [-0.4, -0.2) is 12.3 Å². The highest BCUT2D eigenvalue weighted by Crippen LogP contribution is 2.22. The molecule has 0 amide bonds. The second-order valence-corrected chi connectivity index (χ2v) is 6.10. The van der Waals surface area contributed by atoms with Crippen molar-refractivity contribution in [3.8, 4) is 0 Å². The van der Waals surface area contributed by atoms with Crippen LogP contribution in [0.2, 0.25) is 0 Å². The Kier molecular flexibility index (Phi) is 6.23. The van der Waals surface area contributed by atoms with E-state index in [1.165, 1.54) is 11.1 Å². The number of benzene rings is 1. The van der Waals surface area contributed by atoms with Crippen molar-refractivity contribution >= 4 is 5.78 Å². The summed E-state index contributed by atoms with van der Waals surface area (Å²) in [5, 5.41) is 0. The smallest absolute Gasteiger partial charge is 0.136 e. The van der Waals surface area contributed by atoms with E-state index in [4.69, 9.17) is 5.73 Å². The standard InChI is InChI=1S/C17H27NO/c1-12(2)8-14-6-5-7-15(9-14)16(11-18)10-17(19)13(3)4/h5-7,9,12-13,16H,8,10-11,18H2,1-4H3/t16-/m0/s1. The lowest BCUT2D eigenvalue weighted by Crippen LogP contribution is -2.19. The Balaban J connectivity index is 2.83. The van der Waals surface area contributed by atoms with Crippen molar-refractivity contribution in [3.05, 3.63) is 35.4 Å². The van der Waals surface area contributed by atoms with E-state index >= 15 is 0 Å². The summed E-state index contributed by atoms with van der Waals surface area (Å²) in [6.07, 6.45) is 1.63. The van der Waals surface area contributed by atoms with Gasteiger partial charge in [0.05, 0.1) is 0 Å². The van der Waals surface area contributed by atoms with Gasteiger partial charge in [-0.15, -0.1) is 0 Å². The molecule has 2 heteroatoms. The topological polar surface area (TPSA) is 43.1 Å². The maximum atomic E-state index is 11.9. The quantitative estimate of drug-likeness (QED) is 0.815. The van der Waals surface area contributed by atoms with Gasteiger partial charge in [0, 0.05) is 18.3 Å². The lowest BCUT2D eigenvalue weighted by molar-refractivity contribution is -0.122. The number of carbonyl (C=O) groups excluding carboxylic acids is 1. The van der Waals surface area contributed by atoms with Gasteiger partial charge in [-0.2, -0.15) is 0 Å². The minimum absolute atomic E-state index is 0.0906. The van der Waals surface area contributed by atoms with Crippen molar-refractivity contribution in [1.82, 2.24) is 0 Å². The molecule has 1 aromatic rings. The van der Waals surface area contributed by atoms with Crippen LogP contribution < -0.4 is 5.73 Å². The highest BCUT2D eigenvalue weighted by atomic mass is 16.1. The van der Waals surface area contributed by atoms with E-state index in [0.29, 0.717) is 24.7 Å². The van der Waals surface area contributed by atoms with Gasteiger partial charge in [0.15, 0.2) is 0 Å². The highest BCUT2D eigenvalue weighted by Gasteiger charge is 2.17. The zero-order valence-corrected chi connectivity index (χ0v) is 12.6. The van der Waals surface area contributed by atoms with Gasteiger partial charge >= 0.3 is 0 Å². The van der Waals surface area contributed by atoms with E-state index in [1.807, 2.05) is 13.8 Å². The van der Waals surface area contributed by atoms with E-state index in [-0.39, 0.29) is 11.8 Å². The monoisotopic (exact) mass is 261 g/mol. The zero-order valence-electron chi connectivity index (χ0n) is 12.6. The molecule has 1 aromatic carbocycles. The van der Waals surface area contributed by atoms with Crippen molar-refractivity contribution in [3.63, 3.8) is 0 Å². The summed E-state index contributed by atoms with van der Waals surface area (Å²) in [4.78, 5) is 11.9. The molecule has 1 rings (SSSR count). The van der Waals surface area contributed by atoms with Crippen LogP contribution in [0.4, 0.5) is 0 Å². The Morgan fingerprint density at radius 1 is 1.21 bits per heavy atom. The average molecular weight is 261 g/mol. The van der Waals surface area contributed by atoms with E-state index in [9.17, 15) is 4.79 Å². The van der Waals surface area contributed by atoms with E-state index in [2.05, 4.69) is 38.1 Å². The molecule has 1 atom stereocenters. The molecule has 0 unspecified atom stereocenters. The molecule has 19 heavy (non-hydrogen) atoms. The average Bonchev–Trinajstić information content (AvgIpc) is 2.34. The third-order valence-corrected chi connectivity index (χ3v) is 3.44. The first-order valence-corrected chi connectivity index (χ1v) is 7.25. The first kappa shape index (κ1) is 15.9. The Labute approximate surface area is 117 Å². The van der Waals surface area contributed by atoms with Gasteiger partial charge in [0.2, 0.25) is 0 Å². The van der Waals surface area contributed by atoms with E-state index in [0.717, 1.165) is 6.42 Å². The van der Waals surface area contributed by atoms with Crippen LogP contribution in [0.15, 0.2) is 24.3 Å². The summed E-state index contributed by atoms with van der Waals surface area (Å²) in [7, 11) is 0. The Morgan fingerprint density at radius 2 is 1.89 bits per heavy atom. The van der Waals surface area contributed by atoms with Gasteiger partial charge in [-0.05, 0) is 30.0 Å². The largest absolute Gasteiger partial charge is 0.330 e.